The molecule has 2 aliphatic rings. The highest BCUT2D eigenvalue weighted by Crippen LogP contribution is 2.44. The Morgan fingerprint density at radius 2 is 1.74 bits per heavy atom. The second-order valence-corrected chi connectivity index (χ2v) is 10.2. The zero-order chi connectivity index (χ0) is 19.7. The van der Waals surface area contributed by atoms with Crippen molar-refractivity contribution in [1.82, 2.24) is 9.80 Å². The van der Waals surface area contributed by atoms with Gasteiger partial charge >= 0.3 is 0 Å². The van der Waals surface area contributed by atoms with E-state index in [0.29, 0.717) is 11.8 Å². The van der Waals surface area contributed by atoms with Crippen LogP contribution < -0.4 is 0 Å². The van der Waals surface area contributed by atoms with E-state index < -0.39 is 0 Å². The van der Waals surface area contributed by atoms with Crippen molar-refractivity contribution in [3.8, 4) is 0 Å². The Balaban J connectivity index is 1.69. The van der Waals surface area contributed by atoms with Crippen LogP contribution in [0.3, 0.4) is 0 Å². The third-order valence-electron chi connectivity index (χ3n) is 6.85. The van der Waals surface area contributed by atoms with Gasteiger partial charge in [0.2, 0.25) is 0 Å². The monoisotopic (exact) mass is 392 g/mol. The lowest BCUT2D eigenvalue weighted by Gasteiger charge is -2.46. The lowest BCUT2D eigenvalue weighted by atomic mass is 9.69. The lowest BCUT2D eigenvalue weighted by Crippen LogP contribution is -2.54. The van der Waals surface area contributed by atoms with Crippen LogP contribution in [0.25, 0.3) is 0 Å². The van der Waals surface area contributed by atoms with Crippen LogP contribution in [0.15, 0.2) is 24.3 Å². The fourth-order valence-electron chi connectivity index (χ4n) is 4.95. The molecule has 0 N–H and O–H groups in total. The van der Waals surface area contributed by atoms with Crippen LogP contribution in [0, 0.1) is 5.92 Å². The molecule has 3 atom stereocenters. The number of benzene rings is 1. The maximum atomic E-state index is 6.13. The molecule has 3 nitrogen and oxygen atoms in total. The minimum absolute atomic E-state index is 0.0147. The fourth-order valence-corrected chi connectivity index (χ4v) is 5.08. The standard InChI is InChI=1S/C23H37ClN2O/c1-22(2,3)26-14-12-25(13-15-26)17-19-16-23(4,27-5)11-10-21(19)18-6-8-20(24)9-7-18/h6-9,19,21H,10-17H2,1-5H3. The van der Waals surface area contributed by atoms with Crippen LogP contribution in [0.5, 0.6) is 0 Å². The molecule has 0 spiro atoms. The molecule has 1 aromatic carbocycles. The number of nitrogens with zero attached hydrogens (tertiary/aromatic N) is 2. The van der Waals surface area contributed by atoms with Crippen molar-refractivity contribution in [3.63, 3.8) is 0 Å². The highest BCUT2D eigenvalue weighted by atomic mass is 35.5. The van der Waals surface area contributed by atoms with Gasteiger partial charge < -0.3 is 9.64 Å². The van der Waals surface area contributed by atoms with Gasteiger partial charge in [-0.3, -0.25) is 4.90 Å². The number of hydrogen-bond acceptors (Lipinski definition) is 3. The van der Waals surface area contributed by atoms with Crippen LogP contribution in [0.1, 0.15) is 58.4 Å². The first-order valence-corrected chi connectivity index (χ1v) is 10.9. The molecule has 0 bridgehead atoms. The fraction of sp³-hybridized carbons (Fsp3) is 0.739. The number of methoxy groups -OCH3 is 1. The first kappa shape index (κ1) is 21.1. The summed E-state index contributed by atoms with van der Waals surface area (Å²) in [6.45, 7) is 15.1. The van der Waals surface area contributed by atoms with E-state index in [1.807, 2.05) is 19.2 Å². The summed E-state index contributed by atoms with van der Waals surface area (Å²) in [5.41, 5.74) is 1.73. The molecule has 1 aliphatic carbocycles. The number of halogens is 1. The first-order valence-electron chi connectivity index (χ1n) is 10.5. The maximum absolute atomic E-state index is 6.13. The van der Waals surface area contributed by atoms with E-state index in [2.05, 4.69) is 49.6 Å². The molecule has 0 radical (unpaired) electrons. The van der Waals surface area contributed by atoms with Gasteiger partial charge in [-0.05, 0) is 76.5 Å². The molecule has 3 rings (SSSR count). The van der Waals surface area contributed by atoms with Gasteiger partial charge in [0, 0.05) is 50.4 Å². The van der Waals surface area contributed by atoms with Gasteiger partial charge in [-0.25, -0.2) is 0 Å². The van der Waals surface area contributed by atoms with Gasteiger partial charge in [0.15, 0.2) is 0 Å². The largest absolute Gasteiger partial charge is 0.379 e. The molecule has 1 saturated carbocycles. The van der Waals surface area contributed by atoms with Gasteiger partial charge in [-0.1, -0.05) is 23.7 Å². The van der Waals surface area contributed by atoms with Crippen molar-refractivity contribution in [3.05, 3.63) is 34.9 Å². The van der Waals surface area contributed by atoms with E-state index in [0.717, 1.165) is 17.9 Å². The summed E-state index contributed by atoms with van der Waals surface area (Å²) in [5, 5.41) is 0.825. The maximum Gasteiger partial charge on any atom is 0.0654 e. The smallest absolute Gasteiger partial charge is 0.0654 e. The summed E-state index contributed by atoms with van der Waals surface area (Å²) in [5.74, 6) is 1.23. The molecule has 1 aromatic rings. The Kier molecular flexibility index (Phi) is 6.57. The van der Waals surface area contributed by atoms with Crippen molar-refractivity contribution >= 4 is 11.6 Å². The van der Waals surface area contributed by atoms with E-state index in [1.165, 1.54) is 44.7 Å². The van der Waals surface area contributed by atoms with Gasteiger partial charge in [0.25, 0.3) is 0 Å². The number of piperazine rings is 1. The molecule has 0 amide bonds. The highest BCUT2D eigenvalue weighted by Gasteiger charge is 2.39. The first-order chi connectivity index (χ1) is 12.7. The van der Waals surface area contributed by atoms with Gasteiger partial charge in [-0.15, -0.1) is 0 Å². The van der Waals surface area contributed by atoms with E-state index in [4.69, 9.17) is 16.3 Å². The van der Waals surface area contributed by atoms with Crippen LogP contribution in [0.4, 0.5) is 0 Å². The minimum Gasteiger partial charge on any atom is -0.379 e. The van der Waals surface area contributed by atoms with Crippen LogP contribution in [-0.2, 0) is 4.74 Å². The van der Waals surface area contributed by atoms with Gasteiger partial charge in [-0.2, -0.15) is 0 Å². The van der Waals surface area contributed by atoms with Crippen LogP contribution >= 0.6 is 11.6 Å². The molecule has 27 heavy (non-hydrogen) atoms. The molecule has 0 aromatic heterocycles. The second kappa shape index (κ2) is 8.41. The zero-order valence-corrected chi connectivity index (χ0v) is 18.6. The van der Waals surface area contributed by atoms with Crippen LogP contribution in [-0.4, -0.2) is 60.8 Å². The highest BCUT2D eigenvalue weighted by molar-refractivity contribution is 6.30. The number of rotatable bonds is 4. The van der Waals surface area contributed by atoms with Crippen molar-refractivity contribution in [2.24, 2.45) is 5.92 Å². The Morgan fingerprint density at radius 1 is 1.11 bits per heavy atom. The second-order valence-electron chi connectivity index (χ2n) is 9.77. The Morgan fingerprint density at radius 3 is 2.30 bits per heavy atom. The van der Waals surface area contributed by atoms with E-state index >= 15 is 0 Å². The molecule has 152 valence electrons. The van der Waals surface area contributed by atoms with E-state index in [1.54, 1.807) is 0 Å². The number of ether oxygens (including phenoxy) is 1. The normalized spacial score (nSPS) is 31.2. The van der Waals surface area contributed by atoms with Gasteiger partial charge in [0.05, 0.1) is 5.60 Å². The summed E-state index contributed by atoms with van der Waals surface area (Å²) in [6, 6.07) is 8.54. The molecule has 4 heteroatoms. The van der Waals surface area contributed by atoms with Gasteiger partial charge in [0.1, 0.15) is 0 Å². The molecule has 1 aliphatic heterocycles. The third-order valence-corrected chi connectivity index (χ3v) is 7.10. The molecule has 1 heterocycles. The SMILES string of the molecule is COC1(C)CCC(c2ccc(Cl)cc2)C(CN2CCN(C(C)(C)C)CC2)C1. The molecule has 2 fully saturated rings. The zero-order valence-electron chi connectivity index (χ0n) is 17.8. The topological polar surface area (TPSA) is 15.7 Å². The summed E-state index contributed by atoms with van der Waals surface area (Å²) in [6.07, 6.45) is 3.46. The Bertz CT molecular complexity index is 604. The predicted octanol–water partition coefficient (Wildman–Crippen LogP) is 5.04. The quantitative estimate of drug-likeness (QED) is 0.713. The molecule has 3 unspecified atom stereocenters. The minimum atomic E-state index is 0.0147. The van der Waals surface area contributed by atoms with Crippen molar-refractivity contribution < 1.29 is 4.74 Å². The molecule has 1 saturated heterocycles. The summed E-state index contributed by atoms with van der Waals surface area (Å²) >= 11 is 6.13. The summed E-state index contributed by atoms with van der Waals surface area (Å²) < 4.78 is 5.92. The average Bonchev–Trinajstić information content (AvgIpc) is 2.63. The predicted molar refractivity (Wildman–Crippen MR) is 115 cm³/mol. The Hall–Kier alpha value is -0.610. The van der Waals surface area contributed by atoms with E-state index in [9.17, 15) is 0 Å². The third kappa shape index (κ3) is 5.26. The molecular formula is C23H37ClN2O. The van der Waals surface area contributed by atoms with E-state index in [-0.39, 0.29) is 11.1 Å². The number of hydrogen-bond donors (Lipinski definition) is 0. The van der Waals surface area contributed by atoms with Crippen molar-refractivity contribution in [2.75, 3.05) is 39.8 Å². The lowest BCUT2D eigenvalue weighted by molar-refractivity contribution is -0.0530. The average molecular weight is 393 g/mol. The molecular weight excluding hydrogens is 356 g/mol. The van der Waals surface area contributed by atoms with Crippen molar-refractivity contribution in [1.29, 1.82) is 0 Å². The van der Waals surface area contributed by atoms with Crippen molar-refractivity contribution in [2.45, 2.75) is 64.0 Å². The summed E-state index contributed by atoms with van der Waals surface area (Å²) in [7, 11) is 1.88. The summed E-state index contributed by atoms with van der Waals surface area (Å²) in [4.78, 5) is 5.29. The van der Waals surface area contributed by atoms with Crippen LogP contribution in [0.2, 0.25) is 5.02 Å². The Labute approximate surface area is 171 Å².